The van der Waals surface area contributed by atoms with Crippen LogP contribution in [0.15, 0.2) is 12.3 Å². The van der Waals surface area contributed by atoms with Crippen LogP contribution in [0, 0.1) is 5.82 Å². The number of rotatable bonds is 2. The van der Waals surface area contributed by atoms with E-state index in [4.69, 9.17) is 4.74 Å². The minimum atomic E-state index is -1.03. The van der Waals surface area contributed by atoms with E-state index in [1.54, 1.807) is 0 Å². The highest BCUT2D eigenvalue weighted by Crippen LogP contribution is 2.43. The Bertz CT molecular complexity index is 454. The van der Waals surface area contributed by atoms with E-state index in [0.717, 1.165) is 19.0 Å². The molecular formula is C13H17FN2O2. The Kier molecular flexibility index (Phi) is 2.75. The van der Waals surface area contributed by atoms with E-state index in [2.05, 4.69) is 10.3 Å². The molecule has 98 valence electrons. The first kappa shape index (κ1) is 11.9. The largest absolute Gasteiger partial charge is 0.481 e. The fourth-order valence-electron chi connectivity index (χ4n) is 3.27. The highest BCUT2D eigenvalue weighted by atomic mass is 19.1. The number of aromatic nitrogens is 1. The van der Waals surface area contributed by atoms with Gasteiger partial charge in [-0.15, -0.1) is 0 Å². The molecule has 0 aromatic carbocycles. The van der Waals surface area contributed by atoms with E-state index >= 15 is 0 Å². The van der Waals surface area contributed by atoms with Crippen LogP contribution in [0.5, 0.6) is 5.88 Å². The van der Waals surface area contributed by atoms with Crippen molar-refractivity contribution in [3.63, 3.8) is 0 Å². The number of methoxy groups -OCH3 is 1. The summed E-state index contributed by atoms with van der Waals surface area (Å²) in [6.45, 7) is 0. The summed E-state index contributed by atoms with van der Waals surface area (Å²) < 4.78 is 18.5. The van der Waals surface area contributed by atoms with Gasteiger partial charge in [-0.1, -0.05) is 0 Å². The molecule has 0 radical (unpaired) electrons. The molecule has 18 heavy (non-hydrogen) atoms. The molecule has 2 N–H and O–H groups in total. The molecule has 4 nitrogen and oxygen atoms in total. The molecule has 1 aromatic heterocycles. The van der Waals surface area contributed by atoms with Crippen molar-refractivity contribution >= 4 is 0 Å². The second-order valence-electron chi connectivity index (χ2n) is 5.29. The van der Waals surface area contributed by atoms with E-state index in [0.29, 0.717) is 36.4 Å². The average molecular weight is 252 g/mol. The predicted octanol–water partition coefficient (Wildman–Crippen LogP) is 1.33. The highest BCUT2D eigenvalue weighted by Gasteiger charge is 2.45. The molecule has 1 aromatic rings. The zero-order valence-electron chi connectivity index (χ0n) is 10.3. The number of aliphatic hydroxyl groups is 1. The van der Waals surface area contributed by atoms with Gasteiger partial charge in [-0.05, 0) is 31.7 Å². The molecule has 2 bridgehead atoms. The van der Waals surface area contributed by atoms with Crippen molar-refractivity contribution in [3.8, 4) is 5.88 Å². The molecular weight excluding hydrogens is 235 g/mol. The van der Waals surface area contributed by atoms with Crippen molar-refractivity contribution in [1.29, 1.82) is 0 Å². The van der Waals surface area contributed by atoms with Gasteiger partial charge in [0.1, 0.15) is 5.82 Å². The number of ether oxygens (including phenoxy) is 1. The van der Waals surface area contributed by atoms with Crippen LogP contribution in [0.25, 0.3) is 0 Å². The minimum Gasteiger partial charge on any atom is -0.481 e. The van der Waals surface area contributed by atoms with Crippen molar-refractivity contribution in [3.05, 3.63) is 23.6 Å². The van der Waals surface area contributed by atoms with Gasteiger partial charge in [0.05, 0.1) is 18.9 Å². The highest BCUT2D eigenvalue weighted by molar-refractivity contribution is 5.33. The lowest BCUT2D eigenvalue weighted by molar-refractivity contribution is -0.0140. The van der Waals surface area contributed by atoms with Crippen molar-refractivity contribution in [2.45, 2.75) is 43.4 Å². The number of halogens is 1. The van der Waals surface area contributed by atoms with E-state index < -0.39 is 11.4 Å². The predicted molar refractivity (Wildman–Crippen MR) is 63.8 cm³/mol. The summed E-state index contributed by atoms with van der Waals surface area (Å²) in [4.78, 5) is 3.91. The van der Waals surface area contributed by atoms with Crippen LogP contribution in [0.1, 0.15) is 31.2 Å². The Morgan fingerprint density at radius 2 is 2.11 bits per heavy atom. The quantitative estimate of drug-likeness (QED) is 0.834. The second-order valence-corrected chi connectivity index (χ2v) is 5.29. The summed E-state index contributed by atoms with van der Waals surface area (Å²) in [5, 5.41) is 14.3. The summed E-state index contributed by atoms with van der Waals surface area (Å²) >= 11 is 0. The number of piperidine rings is 1. The van der Waals surface area contributed by atoms with E-state index in [-0.39, 0.29) is 0 Å². The monoisotopic (exact) mass is 252 g/mol. The lowest BCUT2D eigenvalue weighted by atomic mass is 9.82. The van der Waals surface area contributed by atoms with E-state index in [1.807, 2.05) is 0 Å². The Balaban J connectivity index is 2.00. The van der Waals surface area contributed by atoms with Crippen molar-refractivity contribution in [1.82, 2.24) is 10.3 Å². The third kappa shape index (κ3) is 1.87. The number of nitrogens with zero attached hydrogens (tertiary/aromatic N) is 1. The maximum absolute atomic E-state index is 13.4. The first-order chi connectivity index (χ1) is 8.60. The Morgan fingerprint density at radius 3 is 2.72 bits per heavy atom. The van der Waals surface area contributed by atoms with E-state index in [1.165, 1.54) is 13.2 Å². The summed E-state index contributed by atoms with van der Waals surface area (Å²) in [5.74, 6) is -0.120. The number of fused-ring (bicyclic) bond motifs is 2. The zero-order valence-corrected chi connectivity index (χ0v) is 10.3. The fraction of sp³-hybridized carbons (Fsp3) is 0.615. The Hall–Kier alpha value is -1.20. The van der Waals surface area contributed by atoms with Crippen molar-refractivity contribution in [2.75, 3.05) is 7.11 Å². The lowest BCUT2D eigenvalue weighted by Gasteiger charge is -2.37. The van der Waals surface area contributed by atoms with Crippen LogP contribution in [-0.4, -0.2) is 29.3 Å². The van der Waals surface area contributed by atoms with Gasteiger partial charge in [0, 0.05) is 17.6 Å². The van der Waals surface area contributed by atoms with Gasteiger partial charge in [-0.3, -0.25) is 0 Å². The first-order valence-electron chi connectivity index (χ1n) is 6.29. The second kappa shape index (κ2) is 4.17. The Labute approximate surface area is 105 Å². The molecule has 2 unspecified atom stereocenters. The molecule has 2 aliphatic heterocycles. The van der Waals surface area contributed by atoms with Crippen LogP contribution >= 0.6 is 0 Å². The van der Waals surface area contributed by atoms with Crippen molar-refractivity contribution < 1.29 is 14.2 Å². The topological polar surface area (TPSA) is 54.4 Å². The number of pyridine rings is 1. The fourth-order valence-corrected chi connectivity index (χ4v) is 3.27. The van der Waals surface area contributed by atoms with Crippen LogP contribution in [0.2, 0.25) is 0 Å². The number of hydrogen-bond acceptors (Lipinski definition) is 4. The van der Waals surface area contributed by atoms with Gasteiger partial charge >= 0.3 is 0 Å². The molecule has 2 atom stereocenters. The first-order valence-corrected chi connectivity index (χ1v) is 6.29. The third-order valence-electron chi connectivity index (χ3n) is 4.02. The Morgan fingerprint density at radius 1 is 1.44 bits per heavy atom. The minimum absolute atomic E-state index is 0.307. The number of nitrogens with one attached hydrogen (secondary N) is 1. The van der Waals surface area contributed by atoms with E-state index in [9.17, 15) is 9.50 Å². The molecule has 0 spiro atoms. The van der Waals surface area contributed by atoms with Gasteiger partial charge in [0.25, 0.3) is 0 Å². The molecule has 3 rings (SSSR count). The van der Waals surface area contributed by atoms with Crippen LogP contribution in [0.3, 0.4) is 0 Å². The lowest BCUT2D eigenvalue weighted by Crippen LogP contribution is -2.46. The van der Waals surface area contributed by atoms with Crippen LogP contribution in [-0.2, 0) is 5.60 Å². The average Bonchev–Trinajstić information content (AvgIpc) is 2.69. The van der Waals surface area contributed by atoms with Crippen molar-refractivity contribution in [2.24, 2.45) is 0 Å². The molecule has 0 amide bonds. The summed E-state index contributed by atoms with van der Waals surface area (Å²) in [6.07, 6.45) is 4.42. The smallest absolute Gasteiger partial charge is 0.219 e. The summed E-state index contributed by atoms with van der Waals surface area (Å²) in [6, 6.07) is 1.96. The van der Waals surface area contributed by atoms with Gasteiger partial charge in [-0.2, -0.15) is 0 Å². The third-order valence-corrected chi connectivity index (χ3v) is 4.02. The van der Waals surface area contributed by atoms with Crippen LogP contribution < -0.4 is 10.1 Å². The summed E-state index contributed by atoms with van der Waals surface area (Å²) in [5.41, 5.74) is -0.555. The standard InChI is InChI=1S/C13H17FN2O2/c1-18-12-11(4-8(14)7-15-12)13(17)5-9-2-3-10(6-13)16-9/h4,7,9-10,16-17H,2-3,5-6H2,1H3. The molecule has 3 heterocycles. The molecule has 2 aliphatic rings. The molecule has 0 aliphatic carbocycles. The van der Waals surface area contributed by atoms with Gasteiger partial charge in [-0.25, -0.2) is 9.37 Å². The maximum Gasteiger partial charge on any atom is 0.219 e. The summed E-state index contributed by atoms with van der Waals surface area (Å²) in [7, 11) is 1.49. The van der Waals surface area contributed by atoms with Gasteiger partial charge in [0.2, 0.25) is 5.88 Å². The maximum atomic E-state index is 13.4. The molecule has 0 saturated carbocycles. The normalized spacial score (nSPS) is 34.6. The van der Waals surface area contributed by atoms with Crippen LogP contribution in [0.4, 0.5) is 4.39 Å². The zero-order chi connectivity index (χ0) is 12.8. The molecule has 2 saturated heterocycles. The SMILES string of the molecule is COc1ncc(F)cc1C1(O)CC2CCC(C1)N2. The molecule has 5 heteroatoms. The van der Waals surface area contributed by atoms with Gasteiger partial charge in [0.15, 0.2) is 0 Å². The molecule has 2 fully saturated rings. The van der Waals surface area contributed by atoms with Gasteiger partial charge < -0.3 is 15.2 Å². The number of hydrogen-bond donors (Lipinski definition) is 2.